The number of carboxylic acid groups (broad SMARTS) is 1. The van der Waals surface area contributed by atoms with Crippen LogP contribution in [0.3, 0.4) is 0 Å². The third-order valence-electron chi connectivity index (χ3n) is 5.44. The molecule has 0 unspecified atom stereocenters. The minimum absolute atomic E-state index is 0.257. The Hall–Kier alpha value is -2.24. The van der Waals surface area contributed by atoms with Crippen LogP contribution in [-0.4, -0.2) is 22.8 Å². The number of halogens is 2. The van der Waals surface area contributed by atoms with Crippen molar-refractivity contribution in [2.24, 2.45) is 0 Å². The molecule has 0 heterocycles. The molecule has 2 aliphatic rings. The molecular weight excluding hydrogens is 437 g/mol. The topological polar surface area (TPSA) is 75.6 Å². The van der Waals surface area contributed by atoms with Gasteiger partial charge in [0, 0.05) is 10.0 Å². The van der Waals surface area contributed by atoms with Crippen LogP contribution in [-0.2, 0) is 20.5 Å². The van der Waals surface area contributed by atoms with E-state index in [-0.39, 0.29) is 11.6 Å². The highest BCUT2D eigenvalue weighted by Crippen LogP contribution is 2.48. The van der Waals surface area contributed by atoms with Crippen molar-refractivity contribution in [1.29, 1.82) is 0 Å². The van der Waals surface area contributed by atoms with Gasteiger partial charge in [0.25, 0.3) is 0 Å². The first-order valence-electron chi connectivity index (χ1n) is 10.2. The zero-order valence-corrected chi connectivity index (χ0v) is 19.4. The molecule has 0 radical (unpaired) electrons. The van der Waals surface area contributed by atoms with Gasteiger partial charge in [0.2, 0.25) is 0 Å². The number of carbonyl (C=O) groups is 2. The van der Waals surface area contributed by atoms with Gasteiger partial charge in [-0.1, -0.05) is 47.5 Å². The lowest BCUT2D eigenvalue weighted by molar-refractivity contribution is -0.140. The van der Waals surface area contributed by atoms with E-state index in [1.807, 2.05) is 45.0 Å². The summed E-state index contributed by atoms with van der Waals surface area (Å²) in [7, 11) is 0. The number of carbonyl (C=O) groups excluding carboxylic acids is 1. The summed E-state index contributed by atoms with van der Waals surface area (Å²) in [5.74, 6) is -0.727. The van der Waals surface area contributed by atoms with Gasteiger partial charge in [-0.05, 0) is 81.8 Å². The van der Waals surface area contributed by atoms with Gasteiger partial charge >= 0.3 is 12.1 Å². The Morgan fingerprint density at radius 1 is 0.871 bits per heavy atom. The van der Waals surface area contributed by atoms with E-state index in [1.54, 1.807) is 24.3 Å². The van der Waals surface area contributed by atoms with Crippen molar-refractivity contribution in [3.63, 3.8) is 0 Å². The molecule has 166 valence electrons. The van der Waals surface area contributed by atoms with Gasteiger partial charge in [0.1, 0.15) is 5.60 Å². The fourth-order valence-corrected chi connectivity index (χ4v) is 3.65. The molecule has 2 fully saturated rings. The maximum atomic E-state index is 11.8. The number of carboxylic acids is 1. The van der Waals surface area contributed by atoms with Crippen molar-refractivity contribution in [2.75, 3.05) is 0 Å². The zero-order chi connectivity index (χ0) is 22.9. The highest BCUT2D eigenvalue weighted by molar-refractivity contribution is 6.30. The lowest BCUT2D eigenvalue weighted by Gasteiger charge is -2.23. The maximum Gasteiger partial charge on any atom is 0.408 e. The maximum absolute atomic E-state index is 11.8. The van der Waals surface area contributed by atoms with Crippen molar-refractivity contribution in [2.45, 2.75) is 63.0 Å². The van der Waals surface area contributed by atoms with Crippen LogP contribution in [0.15, 0.2) is 48.5 Å². The predicted molar refractivity (Wildman–Crippen MR) is 122 cm³/mol. The van der Waals surface area contributed by atoms with E-state index in [9.17, 15) is 9.59 Å². The van der Waals surface area contributed by atoms with Crippen LogP contribution >= 0.6 is 23.2 Å². The Bertz CT molecular complexity index is 941. The second kappa shape index (κ2) is 8.71. The molecule has 7 heteroatoms. The van der Waals surface area contributed by atoms with Crippen LogP contribution in [0.4, 0.5) is 4.79 Å². The molecule has 2 aromatic rings. The number of rotatable bonds is 4. The minimum Gasteiger partial charge on any atom is -0.481 e. The van der Waals surface area contributed by atoms with Crippen molar-refractivity contribution in [3.05, 3.63) is 69.7 Å². The normalized spacial score (nSPS) is 17.6. The molecule has 2 saturated carbocycles. The van der Waals surface area contributed by atoms with Gasteiger partial charge in [0.05, 0.1) is 11.0 Å². The average Bonchev–Trinajstić information content (AvgIpc) is 3.57. The van der Waals surface area contributed by atoms with Gasteiger partial charge < -0.3 is 15.2 Å². The molecule has 2 N–H and O–H groups in total. The van der Waals surface area contributed by atoms with Crippen molar-refractivity contribution >= 4 is 35.3 Å². The summed E-state index contributed by atoms with van der Waals surface area (Å²) in [5, 5.41) is 13.3. The van der Waals surface area contributed by atoms with Crippen molar-refractivity contribution < 1.29 is 19.4 Å². The molecule has 1 amide bonds. The lowest BCUT2D eigenvalue weighted by Crippen LogP contribution is -2.39. The molecule has 0 bridgehead atoms. The molecule has 0 spiro atoms. The Labute approximate surface area is 192 Å². The smallest absolute Gasteiger partial charge is 0.408 e. The van der Waals surface area contributed by atoms with Crippen LogP contribution in [0, 0.1) is 0 Å². The van der Waals surface area contributed by atoms with E-state index < -0.39 is 17.0 Å². The molecule has 0 aliphatic heterocycles. The monoisotopic (exact) mass is 463 g/mol. The summed E-state index contributed by atoms with van der Waals surface area (Å²) in [5.41, 5.74) is 0.611. The number of amides is 1. The van der Waals surface area contributed by atoms with E-state index in [4.69, 9.17) is 33.0 Å². The van der Waals surface area contributed by atoms with Gasteiger partial charge in [-0.15, -0.1) is 0 Å². The van der Waals surface area contributed by atoms with E-state index in [2.05, 4.69) is 5.32 Å². The Morgan fingerprint density at radius 3 is 1.68 bits per heavy atom. The van der Waals surface area contributed by atoms with Gasteiger partial charge in [-0.2, -0.15) is 0 Å². The highest BCUT2D eigenvalue weighted by atomic mass is 35.5. The third-order valence-corrected chi connectivity index (χ3v) is 5.95. The number of nitrogens with one attached hydrogen (secondary N) is 1. The van der Waals surface area contributed by atoms with Gasteiger partial charge in [0.15, 0.2) is 0 Å². The Balaban J connectivity index is 0.000000185. The number of ether oxygens (including phenoxy) is 1. The molecule has 31 heavy (non-hydrogen) atoms. The number of hydrogen-bond donors (Lipinski definition) is 2. The molecule has 4 rings (SSSR count). The number of alkyl carbamates (subject to hydrolysis) is 1. The Morgan fingerprint density at radius 2 is 1.32 bits per heavy atom. The van der Waals surface area contributed by atoms with Gasteiger partial charge in [-0.25, -0.2) is 4.79 Å². The summed E-state index contributed by atoms with van der Waals surface area (Å²) in [4.78, 5) is 22.7. The van der Waals surface area contributed by atoms with E-state index in [0.717, 1.165) is 36.8 Å². The minimum atomic E-state index is -0.727. The number of hydrogen-bond acceptors (Lipinski definition) is 3. The molecule has 0 saturated heterocycles. The molecule has 2 aromatic carbocycles. The largest absolute Gasteiger partial charge is 0.481 e. The molecular formula is C24H27Cl2NO4. The first-order valence-corrected chi connectivity index (χ1v) is 11.0. The summed E-state index contributed by atoms with van der Waals surface area (Å²) < 4.78 is 5.28. The SMILES string of the molecule is CC(C)(C)OC(=O)NC1(c2ccc(Cl)cc2)CC1.O=C(O)C1(c2ccc(Cl)cc2)CC1. The third kappa shape index (κ3) is 5.92. The van der Waals surface area contributed by atoms with Crippen LogP contribution in [0.2, 0.25) is 10.0 Å². The average molecular weight is 464 g/mol. The van der Waals surface area contributed by atoms with E-state index >= 15 is 0 Å². The highest BCUT2D eigenvalue weighted by Gasteiger charge is 2.51. The second-order valence-corrected chi connectivity index (χ2v) is 9.98. The summed E-state index contributed by atoms with van der Waals surface area (Å²) >= 11 is 11.6. The summed E-state index contributed by atoms with van der Waals surface area (Å²) in [6.07, 6.45) is 2.99. The fraction of sp³-hybridized carbons (Fsp3) is 0.417. The van der Waals surface area contributed by atoms with Gasteiger partial charge in [-0.3, -0.25) is 4.79 Å². The first kappa shape index (κ1) is 23.4. The molecule has 2 aliphatic carbocycles. The predicted octanol–water partition coefficient (Wildman–Crippen LogP) is 6.31. The quantitative estimate of drug-likeness (QED) is 0.556. The first-order chi connectivity index (χ1) is 14.5. The number of aliphatic carboxylic acids is 1. The molecule has 5 nitrogen and oxygen atoms in total. The molecule has 0 aromatic heterocycles. The van der Waals surface area contributed by atoms with Crippen LogP contribution in [0.25, 0.3) is 0 Å². The van der Waals surface area contributed by atoms with Crippen LogP contribution in [0.5, 0.6) is 0 Å². The van der Waals surface area contributed by atoms with Crippen LogP contribution in [0.1, 0.15) is 57.6 Å². The fourth-order valence-electron chi connectivity index (χ4n) is 3.40. The van der Waals surface area contributed by atoms with E-state index in [1.165, 1.54) is 0 Å². The second-order valence-electron chi connectivity index (χ2n) is 9.11. The van der Waals surface area contributed by atoms with Crippen molar-refractivity contribution in [3.8, 4) is 0 Å². The lowest BCUT2D eigenvalue weighted by atomic mass is 9.96. The van der Waals surface area contributed by atoms with Crippen LogP contribution < -0.4 is 5.32 Å². The standard InChI is InChI=1S/C14H18ClNO2.C10H9ClO2/c1-13(2,3)18-12(17)16-14(8-9-14)10-4-6-11(15)7-5-10;11-8-3-1-7(2-4-8)10(5-6-10)9(12)13/h4-7H,8-9H2,1-3H3,(H,16,17);1-4H,5-6H2,(H,12,13). The summed E-state index contributed by atoms with van der Waals surface area (Å²) in [6.45, 7) is 5.57. The zero-order valence-electron chi connectivity index (χ0n) is 17.9. The Kier molecular flexibility index (Phi) is 6.59. The number of benzene rings is 2. The van der Waals surface area contributed by atoms with Crippen molar-refractivity contribution in [1.82, 2.24) is 5.32 Å². The summed E-state index contributed by atoms with van der Waals surface area (Å²) in [6, 6.07) is 14.6. The van der Waals surface area contributed by atoms with E-state index in [0.29, 0.717) is 10.0 Å². The molecule has 0 atom stereocenters.